The molecule has 1 fully saturated rings. The summed E-state index contributed by atoms with van der Waals surface area (Å²) in [6.07, 6.45) is 3.01. The molecule has 0 saturated carbocycles. The van der Waals surface area contributed by atoms with Crippen LogP contribution in [0.15, 0.2) is 30.5 Å². The number of ketones is 1. The van der Waals surface area contributed by atoms with E-state index in [-0.39, 0.29) is 6.42 Å². The van der Waals surface area contributed by atoms with Crippen molar-refractivity contribution in [2.24, 2.45) is 0 Å². The topological polar surface area (TPSA) is 79.5 Å². The van der Waals surface area contributed by atoms with Gasteiger partial charge in [0.2, 0.25) is 5.78 Å². The summed E-state index contributed by atoms with van der Waals surface area (Å²) in [5.74, 6) is -1.58. The van der Waals surface area contributed by atoms with Crippen molar-refractivity contribution in [3.05, 3.63) is 36.0 Å². The van der Waals surface area contributed by atoms with E-state index >= 15 is 0 Å². The van der Waals surface area contributed by atoms with Gasteiger partial charge in [0.05, 0.1) is 7.11 Å². The molecule has 0 bridgehead atoms. The van der Waals surface area contributed by atoms with Crippen LogP contribution in [0.5, 0.6) is 0 Å². The lowest BCUT2D eigenvalue weighted by molar-refractivity contribution is -0.153. The van der Waals surface area contributed by atoms with E-state index in [0.717, 1.165) is 16.5 Å². The van der Waals surface area contributed by atoms with E-state index < -0.39 is 23.7 Å². The predicted molar refractivity (Wildman–Crippen MR) is 83.8 cm³/mol. The number of benzene rings is 1. The molecule has 0 spiro atoms. The number of amides is 1. The van der Waals surface area contributed by atoms with Crippen molar-refractivity contribution in [1.82, 2.24) is 9.88 Å². The van der Waals surface area contributed by atoms with E-state index in [0.29, 0.717) is 19.4 Å². The standard InChI is InChI=1S/C17H18N2O4/c1-23-17(22)14-7-4-8-19(14)16(21)15(20)9-11-10-18-13-6-3-2-5-12(11)13/h2-3,5-6,10,14,18H,4,7-9H2,1H3/t14-/m1/s1. The number of H-pyrrole nitrogens is 1. The Bertz CT molecular complexity index is 765. The minimum atomic E-state index is -0.639. The number of aromatic amines is 1. The highest BCUT2D eigenvalue weighted by Gasteiger charge is 2.37. The van der Waals surface area contributed by atoms with E-state index in [1.807, 2.05) is 24.3 Å². The Labute approximate surface area is 133 Å². The van der Waals surface area contributed by atoms with Crippen LogP contribution in [0.4, 0.5) is 0 Å². The molecule has 1 aromatic carbocycles. The first-order valence-electron chi connectivity index (χ1n) is 7.58. The Kier molecular flexibility index (Phi) is 4.14. The largest absolute Gasteiger partial charge is 0.467 e. The molecule has 3 rings (SSSR count). The van der Waals surface area contributed by atoms with Crippen molar-refractivity contribution in [3.63, 3.8) is 0 Å². The van der Waals surface area contributed by atoms with Crippen LogP contribution in [0.1, 0.15) is 18.4 Å². The maximum atomic E-state index is 12.4. The number of fused-ring (bicyclic) bond motifs is 1. The van der Waals surface area contributed by atoms with E-state index in [4.69, 9.17) is 4.74 Å². The molecule has 2 heterocycles. The number of aromatic nitrogens is 1. The highest BCUT2D eigenvalue weighted by molar-refractivity contribution is 6.37. The molecule has 1 aliphatic heterocycles. The quantitative estimate of drug-likeness (QED) is 0.684. The molecule has 1 N–H and O–H groups in total. The average molecular weight is 314 g/mol. The van der Waals surface area contributed by atoms with Gasteiger partial charge in [-0.3, -0.25) is 9.59 Å². The summed E-state index contributed by atoms with van der Waals surface area (Å²) in [5, 5.41) is 0.930. The molecule has 1 amide bonds. The number of methoxy groups -OCH3 is 1. The normalized spacial score (nSPS) is 17.4. The Morgan fingerprint density at radius 2 is 2.09 bits per heavy atom. The van der Waals surface area contributed by atoms with Gasteiger partial charge in [0.25, 0.3) is 5.91 Å². The third-order valence-corrected chi connectivity index (χ3v) is 4.25. The van der Waals surface area contributed by atoms with Gasteiger partial charge in [0, 0.05) is 30.1 Å². The first-order valence-corrected chi connectivity index (χ1v) is 7.58. The van der Waals surface area contributed by atoms with Gasteiger partial charge in [0.1, 0.15) is 6.04 Å². The van der Waals surface area contributed by atoms with Crippen LogP contribution in [0.3, 0.4) is 0 Å². The van der Waals surface area contributed by atoms with Gasteiger partial charge in [0.15, 0.2) is 0 Å². The molecule has 1 atom stereocenters. The Balaban J connectivity index is 1.75. The number of hydrogen-bond acceptors (Lipinski definition) is 4. The van der Waals surface area contributed by atoms with Gasteiger partial charge < -0.3 is 14.6 Å². The summed E-state index contributed by atoms with van der Waals surface area (Å²) in [5.41, 5.74) is 1.71. The van der Waals surface area contributed by atoms with E-state index in [2.05, 4.69) is 4.98 Å². The number of rotatable bonds is 4. The van der Waals surface area contributed by atoms with Gasteiger partial charge in [-0.05, 0) is 24.5 Å². The molecule has 2 aromatic rings. The second kappa shape index (κ2) is 6.24. The second-order valence-electron chi connectivity index (χ2n) is 5.64. The molecule has 6 nitrogen and oxygen atoms in total. The third kappa shape index (κ3) is 2.84. The van der Waals surface area contributed by atoms with Crippen LogP contribution in [0, 0.1) is 0 Å². The van der Waals surface area contributed by atoms with Crippen molar-refractivity contribution in [2.75, 3.05) is 13.7 Å². The molecule has 0 radical (unpaired) electrons. The van der Waals surface area contributed by atoms with Crippen LogP contribution < -0.4 is 0 Å². The minimum Gasteiger partial charge on any atom is -0.467 e. The number of Topliss-reactive ketones (excluding diaryl/α,β-unsaturated/α-hetero) is 1. The molecular weight excluding hydrogens is 296 g/mol. The van der Waals surface area contributed by atoms with Crippen molar-refractivity contribution < 1.29 is 19.1 Å². The van der Waals surface area contributed by atoms with Crippen molar-refractivity contribution in [3.8, 4) is 0 Å². The number of para-hydroxylation sites is 1. The molecule has 1 aromatic heterocycles. The smallest absolute Gasteiger partial charge is 0.328 e. The molecule has 1 aliphatic rings. The lowest BCUT2D eigenvalue weighted by Crippen LogP contribution is -2.44. The molecular formula is C17H18N2O4. The number of carbonyl (C=O) groups excluding carboxylic acids is 3. The zero-order valence-electron chi connectivity index (χ0n) is 12.9. The highest BCUT2D eigenvalue weighted by Crippen LogP contribution is 2.21. The summed E-state index contributed by atoms with van der Waals surface area (Å²) in [4.78, 5) is 40.9. The Hall–Kier alpha value is -2.63. The molecule has 120 valence electrons. The summed E-state index contributed by atoms with van der Waals surface area (Å²) < 4.78 is 4.71. The van der Waals surface area contributed by atoms with Gasteiger partial charge in [-0.15, -0.1) is 0 Å². The third-order valence-electron chi connectivity index (χ3n) is 4.25. The van der Waals surface area contributed by atoms with Gasteiger partial charge >= 0.3 is 5.97 Å². The molecule has 23 heavy (non-hydrogen) atoms. The maximum absolute atomic E-state index is 12.4. The summed E-state index contributed by atoms with van der Waals surface area (Å²) in [6, 6.07) is 6.98. The number of nitrogens with one attached hydrogen (secondary N) is 1. The Morgan fingerprint density at radius 3 is 2.87 bits per heavy atom. The number of likely N-dealkylation sites (tertiary alicyclic amines) is 1. The highest BCUT2D eigenvalue weighted by atomic mass is 16.5. The number of nitrogens with zero attached hydrogens (tertiary/aromatic N) is 1. The van der Waals surface area contributed by atoms with E-state index in [1.54, 1.807) is 6.20 Å². The SMILES string of the molecule is COC(=O)[C@H]1CCCN1C(=O)C(=O)Cc1c[nH]c2ccccc12. The second-order valence-corrected chi connectivity index (χ2v) is 5.64. The summed E-state index contributed by atoms with van der Waals surface area (Å²) >= 11 is 0. The lowest BCUT2D eigenvalue weighted by Gasteiger charge is -2.21. The van der Waals surface area contributed by atoms with Gasteiger partial charge in [-0.2, -0.15) is 0 Å². The van der Waals surface area contributed by atoms with Crippen LogP contribution in [-0.2, 0) is 25.5 Å². The molecule has 0 unspecified atom stereocenters. The van der Waals surface area contributed by atoms with Gasteiger partial charge in [-0.1, -0.05) is 18.2 Å². The average Bonchev–Trinajstić information content (AvgIpc) is 3.21. The van der Waals surface area contributed by atoms with Crippen molar-refractivity contribution in [2.45, 2.75) is 25.3 Å². The first kappa shape index (κ1) is 15.3. The van der Waals surface area contributed by atoms with Crippen LogP contribution in [0.2, 0.25) is 0 Å². The zero-order valence-corrected chi connectivity index (χ0v) is 12.9. The number of ether oxygens (including phenoxy) is 1. The van der Waals surface area contributed by atoms with Crippen LogP contribution >= 0.6 is 0 Å². The fourth-order valence-corrected chi connectivity index (χ4v) is 3.08. The van der Waals surface area contributed by atoms with Crippen LogP contribution in [0.25, 0.3) is 10.9 Å². The first-order chi connectivity index (χ1) is 11.1. The zero-order chi connectivity index (χ0) is 16.4. The van der Waals surface area contributed by atoms with Crippen molar-refractivity contribution in [1.29, 1.82) is 0 Å². The minimum absolute atomic E-state index is 0.0211. The summed E-state index contributed by atoms with van der Waals surface area (Å²) in [7, 11) is 1.29. The van der Waals surface area contributed by atoms with Crippen molar-refractivity contribution >= 4 is 28.6 Å². The number of carbonyl (C=O) groups is 3. The van der Waals surface area contributed by atoms with Gasteiger partial charge in [-0.25, -0.2) is 4.79 Å². The monoisotopic (exact) mass is 314 g/mol. The molecule has 6 heteroatoms. The molecule has 1 saturated heterocycles. The number of hydrogen-bond donors (Lipinski definition) is 1. The lowest BCUT2D eigenvalue weighted by atomic mass is 10.1. The maximum Gasteiger partial charge on any atom is 0.328 e. The molecule has 0 aliphatic carbocycles. The fourth-order valence-electron chi connectivity index (χ4n) is 3.08. The number of esters is 1. The Morgan fingerprint density at radius 1 is 1.30 bits per heavy atom. The van der Waals surface area contributed by atoms with Crippen LogP contribution in [-0.4, -0.2) is 47.2 Å². The van der Waals surface area contributed by atoms with E-state index in [1.165, 1.54) is 12.0 Å². The van der Waals surface area contributed by atoms with E-state index in [9.17, 15) is 14.4 Å². The predicted octanol–water partition coefficient (Wildman–Crippen LogP) is 1.44. The fraction of sp³-hybridized carbons (Fsp3) is 0.353. The summed E-state index contributed by atoms with van der Waals surface area (Å²) in [6.45, 7) is 0.415.